The number of ketones is 1. The van der Waals surface area contributed by atoms with Gasteiger partial charge in [-0.3, -0.25) is 14.4 Å². The van der Waals surface area contributed by atoms with Crippen LogP contribution in [0.2, 0.25) is 5.02 Å². The minimum absolute atomic E-state index is 0.0835. The van der Waals surface area contributed by atoms with Crippen molar-refractivity contribution in [1.29, 1.82) is 0 Å². The molecule has 2 aromatic rings. The lowest BCUT2D eigenvalue weighted by Gasteiger charge is -2.31. The van der Waals surface area contributed by atoms with E-state index in [1.54, 1.807) is 53.4 Å². The average molecular weight is 416 g/mol. The Kier molecular flexibility index (Phi) is 6.88. The fourth-order valence-electron chi connectivity index (χ4n) is 3.30. The predicted octanol–water partition coefficient (Wildman–Crippen LogP) is 3.63. The molecule has 3 rings (SSSR count). The van der Waals surface area contributed by atoms with Crippen molar-refractivity contribution >= 4 is 29.3 Å². The van der Waals surface area contributed by atoms with Crippen LogP contribution in [0.3, 0.4) is 0 Å². The van der Waals surface area contributed by atoms with Gasteiger partial charge in [0.25, 0.3) is 5.91 Å². The lowest BCUT2D eigenvalue weighted by molar-refractivity contribution is -0.148. The second-order valence-electron chi connectivity index (χ2n) is 6.80. The van der Waals surface area contributed by atoms with E-state index in [4.69, 9.17) is 21.1 Å². The number of carbonyl (C=O) groups is 3. The highest BCUT2D eigenvalue weighted by Gasteiger charge is 2.29. The number of esters is 1. The number of piperidine rings is 1. The van der Waals surface area contributed by atoms with Gasteiger partial charge in [0.05, 0.1) is 18.6 Å². The number of halogens is 1. The maximum Gasteiger partial charge on any atom is 0.309 e. The number of ether oxygens (including phenoxy) is 2. The summed E-state index contributed by atoms with van der Waals surface area (Å²) in [4.78, 5) is 38.9. The summed E-state index contributed by atoms with van der Waals surface area (Å²) in [6, 6.07) is 13.5. The minimum Gasteiger partial charge on any atom is -0.496 e. The summed E-state index contributed by atoms with van der Waals surface area (Å²) in [5, 5.41) is 0.575. The molecule has 0 radical (unpaired) electrons. The summed E-state index contributed by atoms with van der Waals surface area (Å²) >= 11 is 5.86. The number of nitrogens with zero attached hydrogens (tertiary/aromatic N) is 1. The molecule has 1 amide bonds. The van der Waals surface area contributed by atoms with Crippen molar-refractivity contribution in [3.05, 3.63) is 64.7 Å². The molecule has 1 heterocycles. The maximum atomic E-state index is 12.5. The third-order valence-corrected chi connectivity index (χ3v) is 5.21. The number of carbonyl (C=O) groups excluding carboxylic acids is 3. The Morgan fingerprint density at radius 1 is 1.03 bits per heavy atom. The molecule has 1 aliphatic heterocycles. The number of para-hydroxylation sites is 1. The van der Waals surface area contributed by atoms with Crippen LogP contribution in [0.15, 0.2) is 48.5 Å². The number of hydrogen-bond acceptors (Lipinski definition) is 5. The van der Waals surface area contributed by atoms with Gasteiger partial charge < -0.3 is 14.4 Å². The van der Waals surface area contributed by atoms with Crippen molar-refractivity contribution in [3.63, 3.8) is 0 Å². The summed E-state index contributed by atoms with van der Waals surface area (Å²) in [6.45, 7) is 0.590. The van der Waals surface area contributed by atoms with Crippen LogP contribution in [0.4, 0.5) is 0 Å². The molecule has 1 aliphatic rings. The standard InChI is InChI=1S/C22H22ClNO5/c1-28-20-5-3-2-4-18(20)19(25)14-29-22(27)16-10-12-24(13-11-16)21(26)15-6-8-17(23)9-7-15/h2-9,16H,10-14H2,1H3. The smallest absolute Gasteiger partial charge is 0.309 e. The van der Waals surface area contributed by atoms with Crippen LogP contribution < -0.4 is 4.74 Å². The molecule has 2 aromatic carbocycles. The molecule has 0 atom stereocenters. The Morgan fingerprint density at radius 2 is 1.69 bits per heavy atom. The molecule has 0 bridgehead atoms. The maximum absolute atomic E-state index is 12.5. The molecular weight excluding hydrogens is 394 g/mol. The Balaban J connectivity index is 1.49. The van der Waals surface area contributed by atoms with Crippen LogP contribution >= 0.6 is 11.6 Å². The summed E-state index contributed by atoms with van der Waals surface area (Å²) in [5.41, 5.74) is 0.948. The van der Waals surface area contributed by atoms with Crippen molar-refractivity contribution in [1.82, 2.24) is 4.90 Å². The Labute approximate surface area is 174 Å². The summed E-state index contributed by atoms with van der Waals surface area (Å²) < 4.78 is 10.4. The summed E-state index contributed by atoms with van der Waals surface area (Å²) in [5.74, 6) is -0.685. The first-order valence-electron chi connectivity index (χ1n) is 9.37. The predicted molar refractivity (Wildman–Crippen MR) is 108 cm³/mol. The first-order chi connectivity index (χ1) is 14.0. The molecular formula is C22H22ClNO5. The third kappa shape index (κ3) is 5.15. The number of amides is 1. The summed E-state index contributed by atoms with van der Waals surface area (Å²) in [7, 11) is 1.48. The van der Waals surface area contributed by atoms with Crippen LogP contribution in [-0.2, 0) is 9.53 Å². The molecule has 0 aliphatic carbocycles. The van der Waals surface area contributed by atoms with E-state index in [1.807, 2.05) is 0 Å². The lowest BCUT2D eigenvalue weighted by atomic mass is 9.96. The van der Waals surface area contributed by atoms with E-state index in [0.717, 1.165) is 0 Å². The molecule has 1 saturated heterocycles. The average Bonchev–Trinajstić information content (AvgIpc) is 2.77. The zero-order valence-electron chi connectivity index (χ0n) is 16.1. The molecule has 0 N–H and O–H groups in total. The molecule has 7 heteroatoms. The van der Waals surface area contributed by atoms with Gasteiger partial charge >= 0.3 is 5.97 Å². The topological polar surface area (TPSA) is 72.9 Å². The van der Waals surface area contributed by atoms with E-state index in [1.165, 1.54) is 7.11 Å². The number of likely N-dealkylation sites (tertiary alicyclic amines) is 1. The van der Waals surface area contributed by atoms with E-state index >= 15 is 0 Å². The van der Waals surface area contributed by atoms with Crippen molar-refractivity contribution in [2.45, 2.75) is 12.8 Å². The SMILES string of the molecule is COc1ccccc1C(=O)COC(=O)C1CCN(C(=O)c2ccc(Cl)cc2)CC1. The van der Waals surface area contributed by atoms with Gasteiger partial charge in [0.2, 0.25) is 5.78 Å². The molecule has 6 nitrogen and oxygen atoms in total. The first kappa shape index (κ1) is 20.9. The van der Waals surface area contributed by atoms with Crippen molar-refractivity contribution in [2.24, 2.45) is 5.92 Å². The van der Waals surface area contributed by atoms with Crippen molar-refractivity contribution in [2.75, 3.05) is 26.8 Å². The highest BCUT2D eigenvalue weighted by Crippen LogP contribution is 2.22. The van der Waals surface area contributed by atoms with Crippen LogP contribution in [0.25, 0.3) is 0 Å². The Hall–Kier alpha value is -2.86. The molecule has 0 saturated carbocycles. The largest absolute Gasteiger partial charge is 0.496 e. The van der Waals surface area contributed by atoms with E-state index < -0.39 is 5.97 Å². The van der Waals surface area contributed by atoms with Gasteiger partial charge in [-0.15, -0.1) is 0 Å². The molecule has 29 heavy (non-hydrogen) atoms. The number of methoxy groups -OCH3 is 1. The second-order valence-corrected chi connectivity index (χ2v) is 7.24. The Bertz CT molecular complexity index is 888. The zero-order valence-corrected chi connectivity index (χ0v) is 16.9. The van der Waals surface area contributed by atoms with Crippen LogP contribution in [-0.4, -0.2) is 49.4 Å². The molecule has 1 fully saturated rings. The molecule has 0 aromatic heterocycles. The number of hydrogen-bond donors (Lipinski definition) is 0. The molecule has 0 spiro atoms. The van der Waals surface area contributed by atoms with Crippen LogP contribution in [0.5, 0.6) is 5.75 Å². The van der Waals surface area contributed by atoms with Crippen molar-refractivity contribution in [3.8, 4) is 5.75 Å². The van der Waals surface area contributed by atoms with Crippen LogP contribution in [0, 0.1) is 5.92 Å². The normalized spacial score (nSPS) is 14.3. The van der Waals surface area contributed by atoms with Gasteiger partial charge in [0.1, 0.15) is 5.75 Å². The second kappa shape index (κ2) is 9.56. The van der Waals surface area contributed by atoms with Gasteiger partial charge in [-0.25, -0.2) is 0 Å². The first-order valence-corrected chi connectivity index (χ1v) is 9.75. The number of rotatable bonds is 6. The molecule has 152 valence electrons. The highest BCUT2D eigenvalue weighted by atomic mass is 35.5. The van der Waals surface area contributed by atoms with Gasteiger partial charge in [0, 0.05) is 23.7 Å². The van der Waals surface area contributed by atoms with Crippen molar-refractivity contribution < 1.29 is 23.9 Å². The monoisotopic (exact) mass is 415 g/mol. The molecule has 0 unspecified atom stereocenters. The zero-order chi connectivity index (χ0) is 20.8. The van der Waals surface area contributed by atoms with E-state index in [-0.39, 0.29) is 24.2 Å². The fourth-order valence-corrected chi connectivity index (χ4v) is 3.43. The van der Waals surface area contributed by atoms with Gasteiger partial charge in [0.15, 0.2) is 6.61 Å². The van der Waals surface area contributed by atoms with Gasteiger partial charge in [-0.1, -0.05) is 23.7 Å². The van der Waals surface area contributed by atoms with Gasteiger partial charge in [-0.05, 0) is 49.2 Å². The van der Waals surface area contributed by atoms with Gasteiger partial charge in [-0.2, -0.15) is 0 Å². The van der Waals surface area contributed by atoms with E-state index in [0.29, 0.717) is 47.8 Å². The van der Waals surface area contributed by atoms with Crippen LogP contribution in [0.1, 0.15) is 33.6 Å². The fraction of sp³-hybridized carbons (Fsp3) is 0.318. The third-order valence-electron chi connectivity index (χ3n) is 4.96. The summed E-state index contributed by atoms with van der Waals surface area (Å²) in [6.07, 6.45) is 1.00. The lowest BCUT2D eigenvalue weighted by Crippen LogP contribution is -2.40. The van der Waals surface area contributed by atoms with E-state index in [9.17, 15) is 14.4 Å². The minimum atomic E-state index is -0.410. The highest BCUT2D eigenvalue weighted by molar-refractivity contribution is 6.30. The number of Topliss-reactive ketones (excluding diaryl/α,β-unsaturated/α-hetero) is 1. The quantitative estimate of drug-likeness (QED) is 0.532. The van der Waals surface area contributed by atoms with E-state index in [2.05, 4.69) is 0 Å². The Morgan fingerprint density at radius 3 is 2.34 bits per heavy atom. The number of benzene rings is 2.